The molecule has 0 saturated carbocycles. The normalized spacial score (nSPS) is 12.9. The first kappa shape index (κ1) is 15.5. The number of thioether (sulfide) groups is 1. The first-order valence-corrected chi connectivity index (χ1v) is 7.86. The Kier molecular flexibility index (Phi) is 7.40. The van der Waals surface area contributed by atoms with Crippen LogP contribution in [0.15, 0.2) is 29.2 Å². The van der Waals surface area contributed by atoms with Crippen molar-refractivity contribution in [3.63, 3.8) is 0 Å². The molecule has 0 amide bonds. The minimum atomic E-state index is 0.444. The molecule has 0 aliphatic carbocycles. The van der Waals surface area contributed by atoms with Gasteiger partial charge in [-0.15, -0.1) is 11.8 Å². The summed E-state index contributed by atoms with van der Waals surface area (Å²) in [6, 6.07) is 8.98. The molecule has 1 rings (SSSR count). The van der Waals surface area contributed by atoms with Gasteiger partial charge in [-0.1, -0.05) is 26.0 Å². The first-order valence-electron chi connectivity index (χ1n) is 6.87. The van der Waals surface area contributed by atoms with Crippen molar-refractivity contribution in [1.82, 2.24) is 0 Å². The zero-order valence-corrected chi connectivity index (χ0v) is 12.4. The van der Waals surface area contributed by atoms with Crippen molar-refractivity contribution in [1.29, 1.82) is 0 Å². The average Bonchev–Trinajstić information content (AvgIpc) is 2.42. The molecule has 1 aromatic rings. The summed E-state index contributed by atoms with van der Waals surface area (Å²) in [5.41, 5.74) is 12.9. The molecule has 0 aliphatic heterocycles. The summed E-state index contributed by atoms with van der Waals surface area (Å²) in [5.74, 6) is 2.15. The van der Waals surface area contributed by atoms with Crippen molar-refractivity contribution in [2.24, 2.45) is 17.4 Å². The van der Waals surface area contributed by atoms with Gasteiger partial charge in [0.15, 0.2) is 0 Å². The topological polar surface area (TPSA) is 52.0 Å². The van der Waals surface area contributed by atoms with Crippen LogP contribution >= 0.6 is 11.8 Å². The second-order valence-electron chi connectivity index (χ2n) is 4.68. The molecule has 0 saturated heterocycles. The van der Waals surface area contributed by atoms with Gasteiger partial charge in [0.25, 0.3) is 0 Å². The van der Waals surface area contributed by atoms with E-state index in [1.165, 1.54) is 10.5 Å². The Bertz CT molecular complexity index is 320. The number of hydrogen-bond acceptors (Lipinski definition) is 3. The van der Waals surface area contributed by atoms with Crippen molar-refractivity contribution >= 4 is 11.8 Å². The predicted octanol–water partition coefficient (Wildman–Crippen LogP) is 3.22. The zero-order valence-electron chi connectivity index (χ0n) is 11.6. The molecular formula is C15H26N2S. The van der Waals surface area contributed by atoms with Crippen molar-refractivity contribution < 1.29 is 0 Å². The maximum atomic E-state index is 5.74. The third kappa shape index (κ3) is 4.63. The van der Waals surface area contributed by atoms with Crippen LogP contribution in [0, 0.1) is 5.92 Å². The van der Waals surface area contributed by atoms with Gasteiger partial charge in [-0.25, -0.2) is 0 Å². The summed E-state index contributed by atoms with van der Waals surface area (Å²) in [6.45, 7) is 5.80. The van der Waals surface area contributed by atoms with E-state index >= 15 is 0 Å². The third-order valence-corrected chi connectivity index (χ3v) is 4.33. The lowest BCUT2D eigenvalue weighted by Crippen LogP contribution is -2.25. The lowest BCUT2D eigenvalue weighted by atomic mass is 9.87. The molecule has 0 bridgehead atoms. The predicted molar refractivity (Wildman–Crippen MR) is 82.1 cm³/mol. The van der Waals surface area contributed by atoms with Gasteiger partial charge < -0.3 is 11.5 Å². The molecule has 1 aromatic carbocycles. The lowest BCUT2D eigenvalue weighted by molar-refractivity contribution is 0.442. The standard InChI is InChI=1S/C15H26N2S/c1-3-13(9-12(10-16)11-17)14-5-7-15(8-6-14)18-4-2/h5-8,12-13H,3-4,9-11,16-17H2,1-2H3. The summed E-state index contributed by atoms with van der Waals surface area (Å²) in [4.78, 5) is 1.35. The molecule has 1 atom stereocenters. The molecule has 0 aromatic heterocycles. The number of rotatable bonds is 8. The van der Waals surface area contributed by atoms with E-state index in [1.54, 1.807) is 0 Å². The van der Waals surface area contributed by atoms with E-state index in [-0.39, 0.29) is 0 Å². The summed E-state index contributed by atoms with van der Waals surface area (Å²) in [7, 11) is 0. The minimum Gasteiger partial charge on any atom is -0.330 e. The number of nitrogens with two attached hydrogens (primary N) is 2. The Balaban J connectivity index is 2.69. The van der Waals surface area contributed by atoms with E-state index in [2.05, 4.69) is 38.1 Å². The maximum Gasteiger partial charge on any atom is 0.00720 e. The highest BCUT2D eigenvalue weighted by atomic mass is 32.2. The Labute approximate surface area is 116 Å². The Morgan fingerprint density at radius 2 is 1.67 bits per heavy atom. The van der Waals surface area contributed by atoms with Crippen molar-refractivity contribution in [3.05, 3.63) is 29.8 Å². The SMILES string of the molecule is CCSc1ccc(C(CC)CC(CN)CN)cc1. The second kappa shape index (κ2) is 8.57. The Morgan fingerprint density at radius 3 is 2.11 bits per heavy atom. The molecule has 18 heavy (non-hydrogen) atoms. The van der Waals surface area contributed by atoms with Gasteiger partial charge in [0.1, 0.15) is 0 Å². The Hall–Kier alpha value is -0.510. The van der Waals surface area contributed by atoms with Crippen molar-refractivity contribution in [2.45, 2.75) is 37.5 Å². The van der Waals surface area contributed by atoms with E-state index in [0.717, 1.165) is 18.6 Å². The monoisotopic (exact) mass is 266 g/mol. The van der Waals surface area contributed by atoms with Crippen LogP contribution in [0.1, 0.15) is 38.2 Å². The van der Waals surface area contributed by atoms with Crippen LogP contribution in [-0.2, 0) is 0 Å². The average molecular weight is 266 g/mol. The van der Waals surface area contributed by atoms with E-state index in [0.29, 0.717) is 24.9 Å². The number of benzene rings is 1. The van der Waals surface area contributed by atoms with Gasteiger partial charge in [-0.3, -0.25) is 0 Å². The fraction of sp³-hybridized carbons (Fsp3) is 0.600. The quantitative estimate of drug-likeness (QED) is 0.710. The Morgan fingerprint density at radius 1 is 1.06 bits per heavy atom. The van der Waals surface area contributed by atoms with Crippen LogP contribution in [0.3, 0.4) is 0 Å². The smallest absolute Gasteiger partial charge is 0.00720 e. The highest BCUT2D eigenvalue weighted by Gasteiger charge is 2.14. The van der Waals surface area contributed by atoms with Crippen LogP contribution in [0.2, 0.25) is 0 Å². The van der Waals surface area contributed by atoms with Crippen LogP contribution in [0.4, 0.5) is 0 Å². The fourth-order valence-electron chi connectivity index (χ4n) is 2.23. The van der Waals surface area contributed by atoms with E-state index in [4.69, 9.17) is 11.5 Å². The largest absolute Gasteiger partial charge is 0.330 e. The van der Waals surface area contributed by atoms with Gasteiger partial charge in [0, 0.05) is 4.90 Å². The molecule has 0 radical (unpaired) electrons. The lowest BCUT2D eigenvalue weighted by Gasteiger charge is -2.21. The van der Waals surface area contributed by atoms with Crippen LogP contribution in [0.5, 0.6) is 0 Å². The highest BCUT2D eigenvalue weighted by Crippen LogP contribution is 2.28. The molecule has 0 aliphatic rings. The summed E-state index contributed by atoms with van der Waals surface area (Å²) in [6.07, 6.45) is 2.25. The van der Waals surface area contributed by atoms with Gasteiger partial charge in [-0.2, -0.15) is 0 Å². The summed E-state index contributed by atoms with van der Waals surface area (Å²) < 4.78 is 0. The number of hydrogen-bond donors (Lipinski definition) is 2. The molecule has 3 heteroatoms. The van der Waals surface area contributed by atoms with Crippen molar-refractivity contribution in [2.75, 3.05) is 18.8 Å². The summed E-state index contributed by atoms with van der Waals surface area (Å²) in [5, 5.41) is 0. The van der Waals surface area contributed by atoms with E-state index in [9.17, 15) is 0 Å². The van der Waals surface area contributed by atoms with Gasteiger partial charge in [0.05, 0.1) is 0 Å². The fourth-order valence-corrected chi connectivity index (χ4v) is 2.89. The van der Waals surface area contributed by atoms with Crippen LogP contribution in [0.25, 0.3) is 0 Å². The molecule has 0 spiro atoms. The van der Waals surface area contributed by atoms with E-state index < -0.39 is 0 Å². The molecular weight excluding hydrogens is 240 g/mol. The van der Waals surface area contributed by atoms with Gasteiger partial charge in [-0.05, 0) is 61.2 Å². The third-order valence-electron chi connectivity index (χ3n) is 3.44. The second-order valence-corrected chi connectivity index (χ2v) is 6.02. The van der Waals surface area contributed by atoms with E-state index in [1.807, 2.05) is 11.8 Å². The van der Waals surface area contributed by atoms with Crippen LogP contribution in [-0.4, -0.2) is 18.8 Å². The highest BCUT2D eigenvalue weighted by molar-refractivity contribution is 7.99. The first-order chi connectivity index (χ1) is 8.74. The van der Waals surface area contributed by atoms with Gasteiger partial charge in [0.2, 0.25) is 0 Å². The molecule has 4 N–H and O–H groups in total. The summed E-state index contributed by atoms with van der Waals surface area (Å²) >= 11 is 1.89. The van der Waals surface area contributed by atoms with Crippen molar-refractivity contribution in [3.8, 4) is 0 Å². The maximum absolute atomic E-state index is 5.74. The molecule has 102 valence electrons. The van der Waals surface area contributed by atoms with Gasteiger partial charge >= 0.3 is 0 Å². The minimum absolute atomic E-state index is 0.444. The molecule has 1 unspecified atom stereocenters. The molecule has 0 fully saturated rings. The molecule has 0 heterocycles. The zero-order chi connectivity index (χ0) is 13.4. The van der Waals surface area contributed by atoms with Crippen LogP contribution < -0.4 is 11.5 Å². The molecule has 2 nitrogen and oxygen atoms in total.